The normalized spacial score (nSPS) is 11.1. The van der Waals surface area contributed by atoms with Crippen molar-refractivity contribution in [2.45, 2.75) is 20.0 Å². The maximum atomic E-state index is 5.81. The number of nitrogens with zero attached hydrogens (tertiary/aromatic N) is 5. The van der Waals surface area contributed by atoms with Crippen molar-refractivity contribution in [3.63, 3.8) is 0 Å². The van der Waals surface area contributed by atoms with Gasteiger partial charge in [-0.1, -0.05) is 30.3 Å². The first-order valence-electron chi connectivity index (χ1n) is 7.98. The van der Waals surface area contributed by atoms with Gasteiger partial charge >= 0.3 is 0 Å². The minimum absolute atomic E-state index is 0.223. The lowest BCUT2D eigenvalue weighted by atomic mass is 10.2. The maximum Gasteiger partial charge on any atom is 0.199 e. The van der Waals surface area contributed by atoms with Crippen molar-refractivity contribution < 1.29 is 4.63 Å². The lowest BCUT2D eigenvalue weighted by molar-refractivity contribution is 0.310. The molecule has 0 fully saturated rings. The number of fused-ring (bicyclic) bond motifs is 1. The summed E-state index contributed by atoms with van der Waals surface area (Å²) in [6.07, 6.45) is 1.74. The first kappa shape index (κ1) is 15.1. The molecule has 0 aliphatic heterocycles. The Hall–Kier alpha value is -3.42. The van der Waals surface area contributed by atoms with Crippen LogP contribution < -0.4 is 11.1 Å². The molecule has 0 radical (unpaired) electrons. The number of nitrogen functional groups attached to an aromatic ring is 1. The molecule has 1 aromatic carbocycles. The van der Waals surface area contributed by atoms with Crippen molar-refractivity contribution in [3.05, 3.63) is 48.2 Å². The molecular weight excluding hydrogens is 318 g/mol. The summed E-state index contributed by atoms with van der Waals surface area (Å²) in [5, 5.41) is 10.8. The zero-order valence-electron chi connectivity index (χ0n) is 13.7. The van der Waals surface area contributed by atoms with E-state index in [1.165, 1.54) is 5.56 Å². The molecule has 0 saturated heterocycles. The van der Waals surface area contributed by atoms with E-state index in [1.54, 1.807) is 6.20 Å². The zero-order valence-corrected chi connectivity index (χ0v) is 13.7. The molecule has 3 aromatic heterocycles. The number of hydrogen-bond donors (Lipinski definition) is 2. The molecule has 0 saturated carbocycles. The van der Waals surface area contributed by atoms with Gasteiger partial charge < -0.3 is 15.6 Å². The smallest absolute Gasteiger partial charge is 0.199 e. The first-order valence-corrected chi connectivity index (χ1v) is 7.98. The number of imidazole rings is 1. The third kappa shape index (κ3) is 2.78. The summed E-state index contributed by atoms with van der Waals surface area (Å²) in [5.74, 6) is 1.63. The fourth-order valence-corrected chi connectivity index (χ4v) is 2.77. The minimum atomic E-state index is 0.223. The molecule has 0 aliphatic carbocycles. The molecule has 0 amide bonds. The van der Waals surface area contributed by atoms with Gasteiger partial charge in [0.15, 0.2) is 17.3 Å². The van der Waals surface area contributed by atoms with Crippen LogP contribution in [0.5, 0.6) is 0 Å². The van der Waals surface area contributed by atoms with Crippen LogP contribution in [-0.2, 0) is 13.1 Å². The molecule has 4 aromatic rings. The topological polar surface area (TPSA) is 108 Å². The predicted molar refractivity (Wildman–Crippen MR) is 94.7 cm³/mol. The summed E-state index contributed by atoms with van der Waals surface area (Å²) in [5.41, 5.74) is 9.16. The summed E-state index contributed by atoms with van der Waals surface area (Å²) in [6.45, 7) is 3.44. The highest BCUT2D eigenvalue weighted by Crippen LogP contribution is 2.27. The number of anilines is 2. The largest absolute Gasteiger partial charge is 0.379 e. The van der Waals surface area contributed by atoms with Crippen LogP contribution in [0.3, 0.4) is 0 Å². The van der Waals surface area contributed by atoms with E-state index >= 15 is 0 Å². The summed E-state index contributed by atoms with van der Waals surface area (Å²) in [7, 11) is 0. The number of aryl methyl sites for hydroxylation is 1. The van der Waals surface area contributed by atoms with E-state index in [-0.39, 0.29) is 5.82 Å². The van der Waals surface area contributed by atoms with Crippen molar-refractivity contribution in [2.24, 2.45) is 0 Å². The molecule has 0 atom stereocenters. The van der Waals surface area contributed by atoms with Gasteiger partial charge in [-0.05, 0) is 22.8 Å². The van der Waals surface area contributed by atoms with Crippen LogP contribution in [-0.4, -0.2) is 24.8 Å². The monoisotopic (exact) mass is 335 g/mol. The van der Waals surface area contributed by atoms with E-state index < -0.39 is 0 Å². The van der Waals surface area contributed by atoms with Gasteiger partial charge in [0.1, 0.15) is 11.3 Å². The van der Waals surface area contributed by atoms with E-state index in [4.69, 9.17) is 10.4 Å². The molecule has 126 valence electrons. The highest BCUT2D eigenvalue weighted by Gasteiger charge is 2.18. The van der Waals surface area contributed by atoms with Gasteiger partial charge in [0.2, 0.25) is 0 Å². The molecule has 3 heterocycles. The second-order valence-corrected chi connectivity index (χ2v) is 5.58. The maximum absolute atomic E-state index is 5.81. The Labute approximate surface area is 143 Å². The van der Waals surface area contributed by atoms with Crippen LogP contribution in [0, 0.1) is 0 Å². The molecular formula is C17H17N7O. The van der Waals surface area contributed by atoms with Crippen molar-refractivity contribution in [1.82, 2.24) is 24.8 Å². The van der Waals surface area contributed by atoms with Crippen molar-refractivity contribution >= 4 is 22.7 Å². The minimum Gasteiger partial charge on any atom is -0.379 e. The van der Waals surface area contributed by atoms with Gasteiger partial charge in [-0.15, -0.1) is 0 Å². The molecule has 3 N–H and O–H groups in total. The Morgan fingerprint density at radius 3 is 2.76 bits per heavy atom. The number of rotatable bonds is 5. The fraction of sp³-hybridized carbons (Fsp3) is 0.176. The summed E-state index contributed by atoms with van der Waals surface area (Å²) < 4.78 is 6.71. The van der Waals surface area contributed by atoms with Gasteiger partial charge in [0.05, 0.1) is 11.7 Å². The van der Waals surface area contributed by atoms with Crippen LogP contribution in [0.2, 0.25) is 0 Å². The van der Waals surface area contributed by atoms with Crippen LogP contribution in [0.25, 0.3) is 22.6 Å². The SMILES string of the molecule is CCn1c(-c2nonc2N)nc2cnc(NCc3ccccc3)cc21. The van der Waals surface area contributed by atoms with E-state index in [0.717, 1.165) is 16.9 Å². The molecule has 0 bridgehead atoms. The van der Waals surface area contributed by atoms with Crippen LogP contribution in [0.1, 0.15) is 12.5 Å². The lowest BCUT2D eigenvalue weighted by Crippen LogP contribution is -2.02. The van der Waals surface area contributed by atoms with Gasteiger partial charge in [-0.3, -0.25) is 0 Å². The van der Waals surface area contributed by atoms with Crippen molar-refractivity contribution in [1.29, 1.82) is 0 Å². The molecule has 0 spiro atoms. The van der Waals surface area contributed by atoms with E-state index in [0.29, 0.717) is 24.6 Å². The quantitative estimate of drug-likeness (QED) is 0.577. The zero-order chi connectivity index (χ0) is 17.2. The Morgan fingerprint density at radius 1 is 1.20 bits per heavy atom. The number of hydrogen-bond acceptors (Lipinski definition) is 7. The number of benzene rings is 1. The summed E-state index contributed by atoms with van der Waals surface area (Å²) in [6, 6.07) is 12.1. The highest BCUT2D eigenvalue weighted by molar-refractivity contribution is 5.82. The van der Waals surface area contributed by atoms with Gasteiger partial charge in [-0.25, -0.2) is 14.6 Å². The van der Waals surface area contributed by atoms with Crippen LogP contribution >= 0.6 is 0 Å². The third-order valence-corrected chi connectivity index (χ3v) is 3.99. The lowest BCUT2D eigenvalue weighted by Gasteiger charge is -2.07. The first-order chi connectivity index (χ1) is 12.3. The molecule has 25 heavy (non-hydrogen) atoms. The number of nitrogens with two attached hydrogens (primary N) is 1. The number of nitrogens with one attached hydrogen (secondary N) is 1. The Kier molecular flexibility index (Phi) is 3.77. The molecule has 8 nitrogen and oxygen atoms in total. The van der Waals surface area contributed by atoms with Crippen molar-refractivity contribution in [3.8, 4) is 11.5 Å². The molecule has 0 unspecified atom stereocenters. The van der Waals surface area contributed by atoms with E-state index in [9.17, 15) is 0 Å². The van der Waals surface area contributed by atoms with Gasteiger partial charge in [0, 0.05) is 19.2 Å². The average molecular weight is 335 g/mol. The molecule has 4 rings (SSSR count). The summed E-state index contributed by atoms with van der Waals surface area (Å²) in [4.78, 5) is 9.01. The average Bonchev–Trinajstić information content (AvgIpc) is 3.23. The predicted octanol–water partition coefficient (Wildman–Crippen LogP) is 2.70. The second-order valence-electron chi connectivity index (χ2n) is 5.58. The van der Waals surface area contributed by atoms with E-state index in [1.807, 2.05) is 35.8 Å². The van der Waals surface area contributed by atoms with Gasteiger partial charge in [-0.2, -0.15) is 0 Å². The molecule has 8 heteroatoms. The van der Waals surface area contributed by atoms with Crippen LogP contribution in [0.4, 0.5) is 11.6 Å². The highest BCUT2D eigenvalue weighted by atomic mass is 16.6. The number of aromatic nitrogens is 5. The Balaban J connectivity index is 1.69. The molecule has 0 aliphatic rings. The second kappa shape index (κ2) is 6.23. The van der Waals surface area contributed by atoms with Gasteiger partial charge in [0.25, 0.3) is 0 Å². The van der Waals surface area contributed by atoms with Crippen molar-refractivity contribution in [2.75, 3.05) is 11.1 Å². The van der Waals surface area contributed by atoms with Crippen LogP contribution in [0.15, 0.2) is 47.2 Å². The fourth-order valence-electron chi connectivity index (χ4n) is 2.77. The third-order valence-electron chi connectivity index (χ3n) is 3.99. The standard InChI is InChI=1S/C17H17N7O/c1-2-24-13-8-14(19-9-11-6-4-3-5-7-11)20-10-12(13)21-17(24)15-16(18)23-25-22-15/h3-8,10H,2,9H2,1H3,(H2,18,23)(H,19,20). The Bertz CT molecular complexity index is 1010. The Morgan fingerprint density at radius 2 is 2.04 bits per heavy atom. The number of pyridine rings is 1. The van der Waals surface area contributed by atoms with E-state index in [2.05, 4.69) is 37.7 Å². The summed E-state index contributed by atoms with van der Waals surface area (Å²) >= 11 is 0.